The fraction of sp³-hybridized carbons (Fsp3) is 0.682. The molecule has 2 aliphatic heterocycles. The molecule has 11 heteroatoms. The van der Waals surface area contributed by atoms with Crippen molar-refractivity contribution in [1.82, 2.24) is 25.0 Å². The van der Waals surface area contributed by atoms with E-state index in [1.807, 2.05) is 10.2 Å². The summed E-state index contributed by atoms with van der Waals surface area (Å²) in [6.07, 6.45) is 0.754. The number of aromatic nitrogens is 1. The summed E-state index contributed by atoms with van der Waals surface area (Å²) in [6.45, 7) is 5.44. The number of hydrogen-bond acceptors (Lipinski definition) is 6. The minimum absolute atomic E-state index is 0.0876. The van der Waals surface area contributed by atoms with Gasteiger partial charge in [-0.25, -0.2) is 4.98 Å². The van der Waals surface area contributed by atoms with Crippen LogP contribution in [0.25, 0.3) is 0 Å². The predicted molar refractivity (Wildman–Crippen MR) is 117 cm³/mol. The van der Waals surface area contributed by atoms with Crippen LogP contribution < -0.4 is 10.2 Å². The summed E-state index contributed by atoms with van der Waals surface area (Å²) in [7, 11) is 0. The molecule has 0 aromatic carbocycles. The molecule has 1 aromatic rings. The summed E-state index contributed by atoms with van der Waals surface area (Å²) < 4.78 is 36.7. The molecule has 0 spiro atoms. The maximum atomic E-state index is 12.7. The van der Waals surface area contributed by atoms with E-state index in [9.17, 15) is 22.8 Å². The molecule has 1 aromatic heterocycles. The summed E-state index contributed by atoms with van der Waals surface area (Å²) in [5.41, 5.74) is 0.0876. The van der Waals surface area contributed by atoms with E-state index in [0.717, 1.165) is 45.3 Å². The van der Waals surface area contributed by atoms with Gasteiger partial charge in [-0.15, -0.1) is 0 Å². The van der Waals surface area contributed by atoms with Gasteiger partial charge in [-0.2, -0.15) is 13.2 Å². The molecule has 4 rings (SSSR count). The molecule has 2 amide bonds. The maximum Gasteiger partial charge on any atom is 0.405 e. The molecule has 0 atom stereocenters. The summed E-state index contributed by atoms with van der Waals surface area (Å²) in [4.78, 5) is 37.5. The van der Waals surface area contributed by atoms with Crippen molar-refractivity contribution in [2.75, 3.05) is 70.3 Å². The van der Waals surface area contributed by atoms with Crippen LogP contribution in [-0.2, 0) is 4.79 Å². The lowest BCUT2D eigenvalue weighted by molar-refractivity contribution is -0.134. The van der Waals surface area contributed by atoms with E-state index in [1.165, 1.54) is 31.5 Å². The summed E-state index contributed by atoms with van der Waals surface area (Å²) >= 11 is 0. The molecule has 182 valence electrons. The van der Waals surface area contributed by atoms with Crippen LogP contribution in [0.1, 0.15) is 29.6 Å². The zero-order valence-electron chi connectivity index (χ0n) is 18.7. The van der Waals surface area contributed by atoms with Gasteiger partial charge in [-0.05, 0) is 25.0 Å². The quantitative estimate of drug-likeness (QED) is 0.677. The highest BCUT2D eigenvalue weighted by atomic mass is 19.4. The van der Waals surface area contributed by atoms with Gasteiger partial charge in [-0.3, -0.25) is 19.4 Å². The highest BCUT2D eigenvalue weighted by Gasteiger charge is 2.30. The van der Waals surface area contributed by atoms with Crippen molar-refractivity contribution in [3.63, 3.8) is 0 Å². The molecular weight excluding hydrogens is 437 g/mol. The molecule has 33 heavy (non-hydrogen) atoms. The maximum absolute atomic E-state index is 12.7. The zero-order chi connectivity index (χ0) is 23.4. The van der Waals surface area contributed by atoms with E-state index in [4.69, 9.17) is 0 Å². The molecule has 0 radical (unpaired) electrons. The van der Waals surface area contributed by atoms with E-state index in [2.05, 4.69) is 19.7 Å². The highest BCUT2D eigenvalue weighted by Crippen LogP contribution is 2.25. The minimum atomic E-state index is -4.45. The third kappa shape index (κ3) is 6.35. The van der Waals surface area contributed by atoms with E-state index < -0.39 is 18.6 Å². The van der Waals surface area contributed by atoms with Crippen LogP contribution in [-0.4, -0.2) is 109 Å². The van der Waals surface area contributed by atoms with E-state index in [1.54, 1.807) is 6.07 Å². The van der Waals surface area contributed by atoms with Gasteiger partial charge in [-0.1, -0.05) is 6.42 Å². The monoisotopic (exact) mass is 468 g/mol. The second-order valence-electron chi connectivity index (χ2n) is 8.97. The number of pyridine rings is 1. The highest BCUT2D eigenvalue weighted by molar-refractivity contribution is 5.94. The average Bonchev–Trinajstić information content (AvgIpc) is 2.77. The van der Waals surface area contributed by atoms with Gasteiger partial charge in [0.15, 0.2) is 0 Å². The lowest BCUT2D eigenvalue weighted by Crippen LogP contribution is -2.56. The van der Waals surface area contributed by atoms with Gasteiger partial charge in [0, 0.05) is 64.6 Å². The van der Waals surface area contributed by atoms with Gasteiger partial charge < -0.3 is 15.1 Å². The molecule has 0 bridgehead atoms. The van der Waals surface area contributed by atoms with Crippen LogP contribution in [0.4, 0.5) is 19.0 Å². The van der Waals surface area contributed by atoms with Crippen LogP contribution in [0.2, 0.25) is 0 Å². The van der Waals surface area contributed by atoms with Gasteiger partial charge in [0.05, 0.1) is 12.1 Å². The van der Waals surface area contributed by atoms with Crippen LogP contribution >= 0.6 is 0 Å². The Kier molecular flexibility index (Phi) is 7.38. The number of piperazine rings is 2. The van der Waals surface area contributed by atoms with E-state index in [0.29, 0.717) is 25.5 Å². The Morgan fingerprint density at radius 2 is 1.70 bits per heavy atom. The summed E-state index contributed by atoms with van der Waals surface area (Å²) in [5, 5.41) is 1.84. The fourth-order valence-electron chi connectivity index (χ4n) is 4.50. The molecule has 3 heterocycles. The number of carbonyl (C=O) groups excluding carboxylic acids is 2. The molecule has 1 saturated carbocycles. The third-order valence-electron chi connectivity index (χ3n) is 6.77. The number of carbonyl (C=O) groups is 2. The molecule has 3 fully saturated rings. The van der Waals surface area contributed by atoms with Crippen molar-refractivity contribution in [1.29, 1.82) is 0 Å². The number of nitrogens with one attached hydrogen (secondary N) is 1. The van der Waals surface area contributed by atoms with Crippen molar-refractivity contribution < 1.29 is 22.8 Å². The van der Waals surface area contributed by atoms with E-state index in [-0.39, 0.29) is 11.5 Å². The Labute approximate surface area is 191 Å². The number of rotatable bonds is 6. The van der Waals surface area contributed by atoms with Gasteiger partial charge in [0.2, 0.25) is 5.91 Å². The molecule has 2 saturated heterocycles. The smallest absolute Gasteiger partial charge is 0.354 e. The minimum Gasteiger partial charge on any atom is -0.354 e. The van der Waals surface area contributed by atoms with Crippen LogP contribution in [0, 0.1) is 0 Å². The Balaban J connectivity index is 1.19. The van der Waals surface area contributed by atoms with Crippen LogP contribution in [0.15, 0.2) is 18.3 Å². The number of hydrogen-bond donors (Lipinski definition) is 1. The first kappa shape index (κ1) is 23.7. The topological polar surface area (TPSA) is 72.0 Å². The van der Waals surface area contributed by atoms with Gasteiger partial charge in [0.1, 0.15) is 12.4 Å². The molecule has 8 nitrogen and oxygen atoms in total. The standard InChI is InChI=1S/C22H31F3N6O2/c23-22(24,25)16-27-21(33)17-4-5-19(26-14-17)30-8-6-28(7-9-30)15-20(32)31-12-10-29(11-13-31)18-2-1-3-18/h4-5,14,18H,1-3,6-13,15-16H2,(H,27,33). The van der Waals surface area contributed by atoms with Crippen LogP contribution in [0.5, 0.6) is 0 Å². The molecule has 1 N–H and O–H groups in total. The zero-order valence-corrected chi connectivity index (χ0v) is 18.7. The molecular formula is C22H31F3N6O2. The molecule has 3 aliphatic rings. The fourth-order valence-corrected chi connectivity index (χ4v) is 4.50. The number of alkyl halides is 3. The Morgan fingerprint density at radius 3 is 2.24 bits per heavy atom. The van der Waals surface area contributed by atoms with Crippen molar-refractivity contribution >= 4 is 17.6 Å². The average molecular weight is 469 g/mol. The van der Waals surface area contributed by atoms with Gasteiger partial charge in [0.25, 0.3) is 5.91 Å². The number of anilines is 1. The second kappa shape index (κ2) is 10.3. The first-order chi connectivity index (χ1) is 15.8. The van der Waals surface area contributed by atoms with Crippen molar-refractivity contribution in [2.24, 2.45) is 0 Å². The Hall–Kier alpha value is -2.40. The largest absolute Gasteiger partial charge is 0.405 e. The lowest BCUT2D eigenvalue weighted by atomic mass is 9.91. The number of halogens is 3. The van der Waals surface area contributed by atoms with Gasteiger partial charge >= 0.3 is 6.18 Å². The normalized spacial score (nSPS) is 21.1. The van der Waals surface area contributed by atoms with Crippen LogP contribution in [0.3, 0.4) is 0 Å². The molecule has 0 unspecified atom stereocenters. The Bertz CT molecular complexity index is 814. The van der Waals surface area contributed by atoms with Crippen molar-refractivity contribution in [3.8, 4) is 0 Å². The van der Waals surface area contributed by atoms with Crippen molar-refractivity contribution in [2.45, 2.75) is 31.5 Å². The summed E-state index contributed by atoms with van der Waals surface area (Å²) in [6, 6.07) is 3.85. The molecule has 1 aliphatic carbocycles. The van der Waals surface area contributed by atoms with E-state index >= 15 is 0 Å². The second-order valence-corrected chi connectivity index (χ2v) is 8.97. The number of nitrogens with zero attached hydrogens (tertiary/aromatic N) is 5. The first-order valence-corrected chi connectivity index (χ1v) is 11.6. The number of amides is 2. The summed E-state index contributed by atoms with van der Waals surface area (Å²) in [5.74, 6) is 0.0488. The van der Waals surface area contributed by atoms with Crippen molar-refractivity contribution in [3.05, 3.63) is 23.9 Å². The Morgan fingerprint density at radius 1 is 1.00 bits per heavy atom. The SMILES string of the molecule is O=C(NCC(F)(F)F)c1ccc(N2CCN(CC(=O)N3CCN(C4CCC4)CC3)CC2)nc1. The lowest BCUT2D eigenvalue weighted by Gasteiger charge is -2.43. The predicted octanol–water partition coefficient (Wildman–Crippen LogP) is 1.19. The first-order valence-electron chi connectivity index (χ1n) is 11.6. The third-order valence-corrected chi connectivity index (χ3v) is 6.77.